The van der Waals surface area contributed by atoms with Gasteiger partial charge in [-0.2, -0.15) is 11.8 Å². The molecular weight excluding hydrogens is 258 g/mol. The van der Waals surface area contributed by atoms with E-state index in [0.29, 0.717) is 6.04 Å². The Balaban J connectivity index is 2.25. The van der Waals surface area contributed by atoms with Gasteiger partial charge in [0.05, 0.1) is 0 Å². The molecule has 0 spiro atoms. The van der Waals surface area contributed by atoms with Gasteiger partial charge < -0.3 is 0 Å². The lowest BCUT2D eigenvalue weighted by Gasteiger charge is -2.32. The zero-order valence-corrected chi connectivity index (χ0v) is 10.6. The van der Waals surface area contributed by atoms with Crippen LogP contribution in [0.15, 0.2) is 28.7 Å². The van der Waals surface area contributed by atoms with Crippen LogP contribution in [0.5, 0.6) is 0 Å². The van der Waals surface area contributed by atoms with Gasteiger partial charge in [-0.15, -0.1) is 0 Å². The standard InChI is InChI=1S/C11H14BrNS/c1-13-6-7-14-8-11(13)9-4-2-3-5-10(9)12/h2-5,11H,6-8H2,1H3. The lowest BCUT2D eigenvalue weighted by atomic mass is 10.1. The average molecular weight is 272 g/mol. The molecular formula is C11H14BrNS. The van der Waals surface area contributed by atoms with Gasteiger partial charge in [-0.3, -0.25) is 4.90 Å². The first-order chi connectivity index (χ1) is 6.79. The van der Waals surface area contributed by atoms with Crippen molar-refractivity contribution < 1.29 is 0 Å². The Hall–Kier alpha value is 0.01000. The second kappa shape index (κ2) is 4.69. The highest BCUT2D eigenvalue weighted by Gasteiger charge is 2.22. The van der Waals surface area contributed by atoms with Crippen LogP contribution in [-0.4, -0.2) is 30.0 Å². The van der Waals surface area contributed by atoms with Crippen LogP contribution in [-0.2, 0) is 0 Å². The maximum Gasteiger partial charge on any atom is 0.0447 e. The van der Waals surface area contributed by atoms with Crippen LogP contribution in [0.4, 0.5) is 0 Å². The van der Waals surface area contributed by atoms with Crippen molar-refractivity contribution in [2.45, 2.75) is 6.04 Å². The van der Waals surface area contributed by atoms with Gasteiger partial charge in [0.25, 0.3) is 0 Å². The van der Waals surface area contributed by atoms with E-state index in [4.69, 9.17) is 0 Å². The predicted molar refractivity (Wildman–Crippen MR) is 66.8 cm³/mol. The van der Waals surface area contributed by atoms with Crippen LogP contribution in [0.25, 0.3) is 0 Å². The van der Waals surface area contributed by atoms with Crippen molar-refractivity contribution >= 4 is 27.7 Å². The van der Waals surface area contributed by atoms with Crippen LogP contribution >= 0.6 is 27.7 Å². The number of hydrogen-bond donors (Lipinski definition) is 0. The third kappa shape index (κ3) is 2.15. The molecule has 1 aromatic rings. The van der Waals surface area contributed by atoms with Gasteiger partial charge in [-0.25, -0.2) is 0 Å². The van der Waals surface area contributed by atoms with Crippen LogP contribution in [0.2, 0.25) is 0 Å². The quantitative estimate of drug-likeness (QED) is 0.772. The molecule has 1 saturated heterocycles. The number of rotatable bonds is 1. The minimum Gasteiger partial charge on any atom is -0.298 e. The molecule has 1 nitrogen and oxygen atoms in total. The van der Waals surface area contributed by atoms with Crippen molar-refractivity contribution in [2.75, 3.05) is 25.1 Å². The van der Waals surface area contributed by atoms with E-state index in [9.17, 15) is 0 Å². The summed E-state index contributed by atoms with van der Waals surface area (Å²) in [5.41, 5.74) is 1.42. The second-order valence-electron chi connectivity index (χ2n) is 3.59. The average Bonchev–Trinajstić information content (AvgIpc) is 2.20. The van der Waals surface area contributed by atoms with E-state index in [2.05, 4.69) is 52.1 Å². The van der Waals surface area contributed by atoms with Crippen molar-refractivity contribution in [3.8, 4) is 0 Å². The molecule has 1 aliphatic rings. The highest BCUT2D eigenvalue weighted by Crippen LogP contribution is 2.32. The van der Waals surface area contributed by atoms with E-state index in [1.165, 1.54) is 28.1 Å². The fraction of sp³-hybridized carbons (Fsp3) is 0.455. The molecule has 0 N–H and O–H groups in total. The van der Waals surface area contributed by atoms with Gasteiger partial charge >= 0.3 is 0 Å². The van der Waals surface area contributed by atoms with E-state index < -0.39 is 0 Å². The van der Waals surface area contributed by atoms with Crippen molar-refractivity contribution in [3.05, 3.63) is 34.3 Å². The maximum atomic E-state index is 3.62. The monoisotopic (exact) mass is 271 g/mol. The highest BCUT2D eigenvalue weighted by molar-refractivity contribution is 9.10. The molecule has 1 atom stereocenters. The Morgan fingerprint density at radius 2 is 2.21 bits per heavy atom. The van der Waals surface area contributed by atoms with Crippen molar-refractivity contribution in [1.29, 1.82) is 0 Å². The smallest absolute Gasteiger partial charge is 0.0447 e. The van der Waals surface area contributed by atoms with E-state index in [1.54, 1.807) is 0 Å². The topological polar surface area (TPSA) is 3.24 Å². The number of nitrogens with zero attached hydrogens (tertiary/aromatic N) is 1. The lowest BCUT2D eigenvalue weighted by Crippen LogP contribution is -2.32. The van der Waals surface area contributed by atoms with Crippen molar-refractivity contribution in [2.24, 2.45) is 0 Å². The molecule has 14 heavy (non-hydrogen) atoms. The Labute approximate surface area is 98.0 Å². The molecule has 76 valence electrons. The summed E-state index contributed by atoms with van der Waals surface area (Å²) in [7, 11) is 2.21. The third-order valence-electron chi connectivity index (χ3n) is 2.66. The molecule has 0 aliphatic carbocycles. The van der Waals surface area contributed by atoms with Gasteiger partial charge in [0.15, 0.2) is 0 Å². The van der Waals surface area contributed by atoms with Crippen LogP contribution < -0.4 is 0 Å². The van der Waals surface area contributed by atoms with Crippen LogP contribution in [0.3, 0.4) is 0 Å². The molecule has 1 aromatic carbocycles. The van der Waals surface area contributed by atoms with Crippen molar-refractivity contribution in [1.82, 2.24) is 4.90 Å². The highest BCUT2D eigenvalue weighted by atomic mass is 79.9. The van der Waals surface area contributed by atoms with E-state index >= 15 is 0 Å². The number of halogens is 1. The third-order valence-corrected chi connectivity index (χ3v) is 4.41. The van der Waals surface area contributed by atoms with Crippen LogP contribution in [0, 0.1) is 0 Å². The summed E-state index contributed by atoms with van der Waals surface area (Å²) in [4.78, 5) is 2.44. The minimum atomic E-state index is 0.573. The molecule has 2 rings (SSSR count). The Kier molecular flexibility index (Phi) is 3.52. The summed E-state index contributed by atoms with van der Waals surface area (Å²) in [6, 6.07) is 9.11. The number of hydrogen-bond acceptors (Lipinski definition) is 2. The van der Waals surface area contributed by atoms with E-state index in [1.807, 2.05) is 11.8 Å². The summed E-state index contributed by atoms with van der Waals surface area (Å²) in [6.45, 7) is 1.19. The van der Waals surface area contributed by atoms with Gasteiger partial charge in [0.1, 0.15) is 0 Å². The molecule has 1 fully saturated rings. The molecule has 1 unspecified atom stereocenters. The fourth-order valence-corrected chi connectivity index (χ4v) is 3.55. The summed E-state index contributed by atoms with van der Waals surface area (Å²) in [6.07, 6.45) is 0. The summed E-state index contributed by atoms with van der Waals surface area (Å²) >= 11 is 5.67. The molecule has 0 aromatic heterocycles. The van der Waals surface area contributed by atoms with Crippen LogP contribution in [0.1, 0.15) is 11.6 Å². The molecule has 0 amide bonds. The molecule has 1 heterocycles. The Morgan fingerprint density at radius 1 is 1.43 bits per heavy atom. The Morgan fingerprint density at radius 3 is 2.93 bits per heavy atom. The second-order valence-corrected chi connectivity index (χ2v) is 5.60. The van der Waals surface area contributed by atoms with Gasteiger partial charge in [-0.05, 0) is 18.7 Å². The fourth-order valence-electron chi connectivity index (χ4n) is 1.76. The van der Waals surface area contributed by atoms with Gasteiger partial charge in [-0.1, -0.05) is 34.1 Å². The largest absolute Gasteiger partial charge is 0.298 e. The zero-order valence-electron chi connectivity index (χ0n) is 8.24. The predicted octanol–water partition coefficient (Wildman–Crippen LogP) is 3.17. The summed E-state index contributed by atoms with van der Waals surface area (Å²) in [5, 5.41) is 0. The molecule has 3 heteroatoms. The first-order valence-electron chi connectivity index (χ1n) is 4.81. The molecule has 0 radical (unpaired) electrons. The minimum absolute atomic E-state index is 0.573. The zero-order chi connectivity index (χ0) is 9.97. The number of thioether (sulfide) groups is 1. The van der Waals surface area contributed by atoms with E-state index in [0.717, 1.165) is 0 Å². The Bertz CT molecular complexity index is 316. The lowest BCUT2D eigenvalue weighted by molar-refractivity contribution is 0.274. The normalized spacial score (nSPS) is 23.7. The molecule has 0 saturated carbocycles. The first kappa shape index (κ1) is 10.5. The summed E-state index contributed by atoms with van der Waals surface area (Å²) in [5.74, 6) is 2.47. The maximum absolute atomic E-state index is 3.62. The van der Waals surface area contributed by atoms with Gasteiger partial charge in [0, 0.05) is 28.6 Å². The first-order valence-corrected chi connectivity index (χ1v) is 6.76. The SMILES string of the molecule is CN1CCSCC1c1ccccc1Br. The van der Waals surface area contributed by atoms with Crippen molar-refractivity contribution in [3.63, 3.8) is 0 Å². The number of benzene rings is 1. The molecule has 0 bridgehead atoms. The summed E-state index contributed by atoms with van der Waals surface area (Å²) < 4.78 is 1.24. The van der Waals surface area contributed by atoms with E-state index in [-0.39, 0.29) is 0 Å². The molecule has 1 aliphatic heterocycles. The van der Waals surface area contributed by atoms with Gasteiger partial charge in [0.2, 0.25) is 0 Å².